The molecule has 0 atom stereocenters. The van der Waals surface area contributed by atoms with Gasteiger partial charge in [0.25, 0.3) is 0 Å². The fourth-order valence-electron chi connectivity index (χ4n) is 2.49. The van der Waals surface area contributed by atoms with Crippen LogP contribution in [0.25, 0.3) is 0 Å². The first kappa shape index (κ1) is 16.0. The summed E-state index contributed by atoms with van der Waals surface area (Å²) in [7, 11) is 0. The zero-order valence-electron chi connectivity index (χ0n) is 12.0. The number of hydrogen-bond donors (Lipinski definition) is 2. The highest BCUT2D eigenvalue weighted by Crippen LogP contribution is 2.50. The number of benzene rings is 1. The summed E-state index contributed by atoms with van der Waals surface area (Å²) in [6, 6.07) is 4.20. The van der Waals surface area contributed by atoms with Crippen LogP contribution in [0.4, 0.5) is 9.18 Å². The summed E-state index contributed by atoms with van der Waals surface area (Å²) in [5.41, 5.74) is 0.704. The second-order valence-electron chi connectivity index (χ2n) is 5.37. The first-order chi connectivity index (χ1) is 10.0. The monoisotopic (exact) mass is 314 g/mol. The lowest BCUT2D eigenvalue weighted by atomic mass is 9.96. The number of amides is 2. The van der Waals surface area contributed by atoms with Gasteiger partial charge in [0.2, 0.25) is 0 Å². The summed E-state index contributed by atoms with van der Waals surface area (Å²) >= 11 is 6.11. The Morgan fingerprint density at radius 3 is 2.76 bits per heavy atom. The molecule has 0 aromatic heterocycles. The Labute approximate surface area is 128 Å². The highest BCUT2D eigenvalue weighted by molar-refractivity contribution is 6.31. The number of likely N-dealkylation sites (N-methyl/N-ethyl adjacent to an activating group) is 1. The fourth-order valence-corrected chi connectivity index (χ4v) is 2.86. The molecule has 2 rings (SSSR count). The van der Waals surface area contributed by atoms with Gasteiger partial charge in [-0.1, -0.05) is 17.7 Å². The third-order valence-electron chi connectivity index (χ3n) is 3.97. The molecular weight excluding hydrogens is 295 g/mol. The Morgan fingerprint density at radius 2 is 2.24 bits per heavy atom. The van der Waals surface area contributed by atoms with Crippen LogP contribution in [-0.4, -0.2) is 42.3 Å². The zero-order valence-corrected chi connectivity index (χ0v) is 12.8. The number of nitrogens with zero attached hydrogens (tertiary/aromatic N) is 1. The molecule has 1 fully saturated rings. The van der Waals surface area contributed by atoms with Crippen molar-refractivity contribution in [2.75, 3.05) is 26.2 Å². The van der Waals surface area contributed by atoms with Gasteiger partial charge in [-0.3, -0.25) is 0 Å². The van der Waals surface area contributed by atoms with Crippen molar-refractivity contribution in [3.63, 3.8) is 0 Å². The molecular formula is C15H20ClFN2O2. The minimum absolute atomic E-state index is 0.0593. The summed E-state index contributed by atoms with van der Waals surface area (Å²) in [5, 5.41) is 12.2. The van der Waals surface area contributed by atoms with Crippen molar-refractivity contribution in [3.8, 4) is 0 Å². The lowest BCUT2D eigenvalue weighted by Gasteiger charge is -2.23. The Kier molecular flexibility index (Phi) is 5.06. The van der Waals surface area contributed by atoms with Crippen LogP contribution in [0, 0.1) is 5.82 Å². The minimum atomic E-state index is -0.358. The number of carbonyl (C=O) groups excluding carboxylic acids is 1. The Balaban J connectivity index is 2.00. The molecule has 0 heterocycles. The molecule has 0 aliphatic heterocycles. The maximum absolute atomic E-state index is 13.1. The van der Waals surface area contributed by atoms with E-state index in [0.717, 1.165) is 18.4 Å². The number of aliphatic hydroxyl groups is 1. The van der Waals surface area contributed by atoms with Crippen LogP contribution in [0.15, 0.2) is 18.2 Å². The van der Waals surface area contributed by atoms with Crippen molar-refractivity contribution in [2.24, 2.45) is 0 Å². The van der Waals surface area contributed by atoms with Gasteiger partial charge in [0.15, 0.2) is 0 Å². The summed E-state index contributed by atoms with van der Waals surface area (Å²) in [4.78, 5) is 13.6. The van der Waals surface area contributed by atoms with E-state index in [1.807, 2.05) is 6.92 Å². The molecule has 0 radical (unpaired) electrons. The van der Waals surface area contributed by atoms with Gasteiger partial charge in [-0.15, -0.1) is 0 Å². The zero-order chi connectivity index (χ0) is 15.5. The van der Waals surface area contributed by atoms with Crippen molar-refractivity contribution in [1.29, 1.82) is 0 Å². The average Bonchev–Trinajstić information content (AvgIpc) is 3.23. The van der Waals surface area contributed by atoms with Crippen molar-refractivity contribution in [3.05, 3.63) is 34.6 Å². The standard InChI is InChI=1S/C15H20ClFN2O2/c1-2-19(7-8-20)14(21)18-10-15(5-6-15)12-4-3-11(17)9-13(12)16/h3-4,9,20H,2,5-8,10H2,1H3,(H,18,21). The molecule has 0 saturated heterocycles. The van der Waals surface area contributed by atoms with E-state index in [1.165, 1.54) is 12.1 Å². The van der Waals surface area contributed by atoms with Gasteiger partial charge >= 0.3 is 6.03 Å². The van der Waals surface area contributed by atoms with Crippen LogP contribution in [0.5, 0.6) is 0 Å². The van der Waals surface area contributed by atoms with E-state index in [4.69, 9.17) is 16.7 Å². The van der Waals surface area contributed by atoms with Crippen molar-refractivity contribution >= 4 is 17.6 Å². The number of hydrogen-bond acceptors (Lipinski definition) is 2. The van der Waals surface area contributed by atoms with E-state index < -0.39 is 0 Å². The van der Waals surface area contributed by atoms with Crippen LogP contribution in [0.2, 0.25) is 5.02 Å². The van der Waals surface area contributed by atoms with Crippen LogP contribution >= 0.6 is 11.6 Å². The largest absolute Gasteiger partial charge is 0.395 e. The van der Waals surface area contributed by atoms with Crippen LogP contribution < -0.4 is 5.32 Å². The van der Waals surface area contributed by atoms with E-state index in [1.54, 1.807) is 11.0 Å². The molecule has 1 aliphatic carbocycles. The maximum Gasteiger partial charge on any atom is 0.317 e. The van der Waals surface area contributed by atoms with Gasteiger partial charge in [-0.05, 0) is 37.5 Å². The van der Waals surface area contributed by atoms with Crippen LogP contribution in [0.1, 0.15) is 25.3 Å². The number of nitrogens with one attached hydrogen (secondary N) is 1. The minimum Gasteiger partial charge on any atom is -0.395 e. The third kappa shape index (κ3) is 3.66. The van der Waals surface area contributed by atoms with Gasteiger partial charge in [-0.2, -0.15) is 0 Å². The third-order valence-corrected chi connectivity index (χ3v) is 4.29. The summed E-state index contributed by atoms with van der Waals surface area (Å²) in [5.74, 6) is -0.358. The molecule has 116 valence electrons. The van der Waals surface area contributed by atoms with Gasteiger partial charge < -0.3 is 15.3 Å². The molecule has 1 aliphatic rings. The fraction of sp³-hybridized carbons (Fsp3) is 0.533. The predicted octanol–water partition coefficient (Wildman–Crippen LogP) is 2.53. The van der Waals surface area contributed by atoms with E-state index >= 15 is 0 Å². The molecule has 0 bridgehead atoms. The summed E-state index contributed by atoms with van der Waals surface area (Å²) in [6.45, 7) is 3.12. The number of carbonyl (C=O) groups is 1. The molecule has 1 aromatic carbocycles. The second kappa shape index (κ2) is 6.62. The highest BCUT2D eigenvalue weighted by atomic mass is 35.5. The lowest BCUT2D eigenvalue weighted by Crippen LogP contribution is -2.44. The molecule has 2 amide bonds. The van der Waals surface area contributed by atoms with Crippen LogP contribution in [0.3, 0.4) is 0 Å². The normalized spacial score (nSPS) is 15.6. The van der Waals surface area contributed by atoms with E-state index in [9.17, 15) is 9.18 Å². The van der Waals surface area contributed by atoms with E-state index in [-0.39, 0.29) is 23.9 Å². The van der Waals surface area contributed by atoms with Crippen molar-refractivity contribution < 1.29 is 14.3 Å². The van der Waals surface area contributed by atoms with Gasteiger partial charge in [0, 0.05) is 30.1 Å². The van der Waals surface area contributed by atoms with Gasteiger partial charge in [0.05, 0.1) is 6.61 Å². The first-order valence-corrected chi connectivity index (χ1v) is 7.49. The molecule has 1 aromatic rings. The Hall–Kier alpha value is -1.33. The van der Waals surface area contributed by atoms with Gasteiger partial charge in [-0.25, -0.2) is 9.18 Å². The Morgan fingerprint density at radius 1 is 1.52 bits per heavy atom. The highest BCUT2D eigenvalue weighted by Gasteiger charge is 2.45. The maximum atomic E-state index is 13.1. The number of aliphatic hydroxyl groups excluding tert-OH is 1. The molecule has 4 nitrogen and oxygen atoms in total. The second-order valence-corrected chi connectivity index (χ2v) is 5.77. The van der Waals surface area contributed by atoms with Gasteiger partial charge in [0.1, 0.15) is 5.82 Å². The average molecular weight is 315 g/mol. The van der Waals surface area contributed by atoms with Crippen LogP contribution in [-0.2, 0) is 5.41 Å². The molecule has 1 saturated carbocycles. The first-order valence-electron chi connectivity index (χ1n) is 7.11. The predicted molar refractivity (Wildman–Crippen MR) is 80.1 cm³/mol. The number of halogens is 2. The Bertz CT molecular complexity index is 520. The summed E-state index contributed by atoms with van der Waals surface area (Å²) in [6.07, 6.45) is 1.84. The molecule has 0 unspecified atom stereocenters. The smallest absolute Gasteiger partial charge is 0.317 e. The van der Waals surface area contributed by atoms with E-state index in [2.05, 4.69) is 5.32 Å². The van der Waals surface area contributed by atoms with E-state index in [0.29, 0.717) is 24.7 Å². The molecule has 2 N–H and O–H groups in total. The molecule has 21 heavy (non-hydrogen) atoms. The lowest BCUT2D eigenvalue weighted by molar-refractivity contribution is 0.179. The quantitative estimate of drug-likeness (QED) is 0.848. The number of rotatable bonds is 6. The molecule has 6 heteroatoms. The molecule has 0 spiro atoms. The van der Waals surface area contributed by atoms with Crippen molar-refractivity contribution in [1.82, 2.24) is 10.2 Å². The SMILES string of the molecule is CCN(CCO)C(=O)NCC1(c2ccc(F)cc2Cl)CC1. The topological polar surface area (TPSA) is 52.6 Å². The van der Waals surface area contributed by atoms with Crippen molar-refractivity contribution in [2.45, 2.75) is 25.2 Å². The summed E-state index contributed by atoms with van der Waals surface area (Å²) < 4.78 is 13.1. The number of urea groups is 1.